The van der Waals surface area contributed by atoms with Gasteiger partial charge in [0.1, 0.15) is 5.75 Å². The Morgan fingerprint density at radius 3 is 2.89 bits per heavy atom. The number of carbonyl (C=O) groups is 1. The second-order valence-electron chi connectivity index (χ2n) is 4.82. The summed E-state index contributed by atoms with van der Waals surface area (Å²) in [4.78, 5) is 10.8. The van der Waals surface area contributed by atoms with Crippen molar-refractivity contribution in [3.05, 3.63) is 42.0 Å². The Kier molecular flexibility index (Phi) is 4.03. The minimum absolute atomic E-state index is 0.268. The van der Waals surface area contributed by atoms with Gasteiger partial charge in [-0.2, -0.15) is 0 Å². The normalized spacial score (nSPS) is 22.7. The van der Waals surface area contributed by atoms with Gasteiger partial charge < -0.3 is 9.84 Å². The van der Waals surface area contributed by atoms with Crippen LogP contribution in [0.1, 0.15) is 30.1 Å². The smallest absolute Gasteiger partial charge is 0.335 e. The van der Waals surface area contributed by atoms with Crippen molar-refractivity contribution in [2.24, 2.45) is 11.8 Å². The summed E-state index contributed by atoms with van der Waals surface area (Å²) in [6.45, 7) is 2.87. The van der Waals surface area contributed by atoms with E-state index in [1.807, 2.05) is 0 Å². The third-order valence-electron chi connectivity index (χ3n) is 3.46. The molecule has 0 saturated carbocycles. The molecule has 3 heteroatoms. The molecule has 0 aromatic heterocycles. The van der Waals surface area contributed by atoms with E-state index in [1.54, 1.807) is 24.3 Å². The highest BCUT2D eigenvalue weighted by molar-refractivity contribution is 5.87. The average Bonchev–Trinajstić information content (AvgIpc) is 2.38. The molecule has 2 rings (SSSR count). The molecular formula is C15H18O3. The molecule has 0 aliphatic heterocycles. The molecule has 0 fully saturated rings. The van der Waals surface area contributed by atoms with Crippen LogP contribution >= 0.6 is 0 Å². The highest BCUT2D eigenvalue weighted by Crippen LogP contribution is 2.26. The van der Waals surface area contributed by atoms with Crippen LogP contribution in [0.2, 0.25) is 0 Å². The highest BCUT2D eigenvalue weighted by Gasteiger charge is 2.18. The molecule has 18 heavy (non-hydrogen) atoms. The second-order valence-corrected chi connectivity index (χ2v) is 4.82. The Labute approximate surface area is 107 Å². The zero-order chi connectivity index (χ0) is 13.0. The Morgan fingerprint density at radius 2 is 2.17 bits per heavy atom. The minimum atomic E-state index is -0.922. The van der Waals surface area contributed by atoms with Crippen molar-refractivity contribution >= 4 is 5.97 Å². The number of rotatable bonds is 4. The lowest BCUT2D eigenvalue weighted by Crippen LogP contribution is -2.21. The molecule has 2 unspecified atom stereocenters. The number of aromatic carboxylic acids is 1. The first kappa shape index (κ1) is 12.7. The summed E-state index contributed by atoms with van der Waals surface area (Å²) in [6, 6.07) is 6.66. The van der Waals surface area contributed by atoms with E-state index in [0.29, 0.717) is 24.2 Å². The van der Waals surface area contributed by atoms with Gasteiger partial charge in [-0.05, 0) is 42.9 Å². The molecule has 96 valence electrons. The van der Waals surface area contributed by atoms with E-state index in [2.05, 4.69) is 19.1 Å². The monoisotopic (exact) mass is 246 g/mol. The SMILES string of the molecule is CC1CC=CCC1COc1cccc(C(=O)O)c1. The van der Waals surface area contributed by atoms with Crippen LogP contribution in [0.15, 0.2) is 36.4 Å². The van der Waals surface area contributed by atoms with Gasteiger partial charge in [0.15, 0.2) is 0 Å². The maximum Gasteiger partial charge on any atom is 0.335 e. The summed E-state index contributed by atoms with van der Waals surface area (Å²) in [5.41, 5.74) is 0.268. The molecular weight excluding hydrogens is 228 g/mol. The number of ether oxygens (including phenoxy) is 1. The van der Waals surface area contributed by atoms with Crippen molar-refractivity contribution in [1.29, 1.82) is 0 Å². The molecule has 0 spiro atoms. The van der Waals surface area contributed by atoms with Gasteiger partial charge in [0.25, 0.3) is 0 Å². The van der Waals surface area contributed by atoms with E-state index >= 15 is 0 Å². The number of hydrogen-bond acceptors (Lipinski definition) is 2. The van der Waals surface area contributed by atoms with Crippen molar-refractivity contribution in [3.63, 3.8) is 0 Å². The Bertz CT molecular complexity index is 451. The molecule has 0 saturated heterocycles. The van der Waals surface area contributed by atoms with Crippen LogP contribution in [0.25, 0.3) is 0 Å². The van der Waals surface area contributed by atoms with Crippen molar-refractivity contribution in [2.45, 2.75) is 19.8 Å². The van der Waals surface area contributed by atoms with E-state index in [-0.39, 0.29) is 5.56 Å². The van der Waals surface area contributed by atoms with Crippen LogP contribution in [0.5, 0.6) is 5.75 Å². The van der Waals surface area contributed by atoms with Crippen molar-refractivity contribution in [2.75, 3.05) is 6.61 Å². The second kappa shape index (κ2) is 5.71. The molecule has 1 aromatic carbocycles. The average molecular weight is 246 g/mol. The van der Waals surface area contributed by atoms with Gasteiger partial charge in [-0.15, -0.1) is 0 Å². The molecule has 2 atom stereocenters. The fraction of sp³-hybridized carbons (Fsp3) is 0.400. The number of benzene rings is 1. The number of carboxylic acid groups (broad SMARTS) is 1. The van der Waals surface area contributed by atoms with Crippen molar-refractivity contribution in [1.82, 2.24) is 0 Å². The summed E-state index contributed by atoms with van der Waals surface area (Å²) < 4.78 is 5.71. The number of carboxylic acids is 1. The highest BCUT2D eigenvalue weighted by atomic mass is 16.5. The van der Waals surface area contributed by atoms with Crippen LogP contribution < -0.4 is 4.74 Å². The van der Waals surface area contributed by atoms with E-state index in [4.69, 9.17) is 9.84 Å². The summed E-state index contributed by atoms with van der Waals surface area (Å²) >= 11 is 0. The predicted octanol–water partition coefficient (Wildman–Crippen LogP) is 3.37. The summed E-state index contributed by atoms with van der Waals surface area (Å²) in [6.07, 6.45) is 6.55. The lowest BCUT2D eigenvalue weighted by Gasteiger charge is -2.25. The summed E-state index contributed by atoms with van der Waals surface area (Å²) in [5, 5.41) is 8.90. The van der Waals surface area contributed by atoms with Gasteiger partial charge >= 0.3 is 5.97 Å². The first-order valence-corrected chi connectivity index (χ1v) is 6.28. The van der Waals surface area contributed by atoms with Gasteiger partial charge in [0.05, 0.1) is 12.2 Å². The van der Waals surface area contributed by atoms with Gasteiger partial charge in [0, 0.05) is 0 Å². The number of hydrogen-bond donors (Lipinski definition) is 1. The fourth-order valence-corrected chi connectivity index (χ4v) is 2.16. The lowest BCUT2D eigenvalue weighted by molar-refractivity contribution is 0.0696. The topological polar surface area (TPSA) is 46.5 Å². The Hall–Kier alpha value is -1.77. The predicted molar refractivity (Wildman–Crippen MR) is 69.9 cm³/mol. The van der Waals surface area contributed by atoms with E-state index in [9.17, 15) is 4.79 Å². The van der Waals surface area contributed by atoms with Gasteiger partial charge in [-0.1, -0.05) is 25.1 Å². The standard InChI is InChI=1S/C15H18O3/c1-11-5-2-3-6-13(11)10-18-14-8-4-7-12(9-14)15(16)17/h2-4,7-9,11,13H,5-6,10H2,1H3,(H,16,17). The lowest BCUT2D eigenvalue weighted by atomic mass is 9.85. The quantitative estimate of drug-likeness (QED) is 0.828. The van der Waals surface area contributed by atoms with Crippen LogP contribution in [0.4, 0.5) is 0 Å². The van der Waals surface area contributed by atoms with Crippen LogP contribution in [-0.2, 0) is 0 Å². The Morgan fingerprint density at radius 1 is 1.39 bits per heavy atom. The molecule has 0 bridgehead atoms. The fourth-order valence-electron chi connectivity index (χ4n) is 2.16. The third kappa shape index (κ3) is 3.13. The van der Waals surface area contributed by atoms with Crippen LogP contribution in [0.3, 0.4) is 0 Å². The molecule has 1 aliphatic carbocycles. The Balaban J connectivity index is 1.95. The minimum Gasteiger partial charge on any atom is -0.493 e. The van der Waals surface area contributed by atoms with Crippen LogP contribution in [-0.4, -0.2) is 17.7 Å². The van der Waals surface area contributed by atoms with Gasteiger partial charge in [0.2, 0.25) is 0 Å². The maximum absolute atomic E-state index is 10.8. The summed E-state index contributed by atoms with van der Waals surface area (Å²) in [7, 11) is 0. The van der Waals surface area contributed by atoms with E-state index in [0.717, 1.165) is 12.8 Å². The maximum atomic E-state index is 10.8. The van der Waals surface area contributed by atoms with Crippen molar-refractivity contribution in [3.8, 4) is 5.75 Å². The largest absolute Gasteiger partial charge is 0.493 e. The molecule has 0 radical (unpaired) electrons. The zero-order valence-electron chi connectivity index (χ0n) is 10.5. The number of allylic oxidation sites excluding steroid dienone is 2. The van der Waals surface area contributed by atoms with Crippen molar-refractivity contribution < 1.29 is 14.6 Å². The molecule has 1 aliphatic rings. The molecule has 0 heterocycles. The first-order valence-electron chi connectivity index (χ1n) is 6.28. The zero-order valence-corrected chi connectivity index (χ0v) is 10.5. The summed E-state index contributed by atoms with van der Waals surface area (Å²) in [5.74, 6) is 0.854. The van der Waals surface area contributed by atoms with E-state index < -0.39 is 5.97 Å². The van der Waals surface area contributed by atoms with E-state index in [1.165, 1.54) is 0 Å². The van der Waals surface area contributed by atoms with Gasteiger partial charge in [-0.25, -0.2) is 4.79 Å². The third-order valence-corrected chi connectivity index (χ3v) is 3.46. The molecule has 1 aromatic rings. The first-order chi connectivity index (χ1) is 8.66. The molecule has 0 amide bonds. The van der Waals surface area contributed by atoms with Gasteiger partial charge in [-0.3, -0.25) is 0 Å². The molecule has 1 N–H and O–H groups in total. The molecule has 3 nitrogen and oxygen atoms in total. The van der Waals surface area contributed by atoms with Crippen LogP contribution in [0, 0.1) is 11.8 Å².